The van der Waals surface area contributed by atoms with Crippen molar-refractivity contribution in [2.45, 2.75) is 33.3 Å². The van der Waals surface area contributed by atoms with E-state index in [4.69, 9.17) is 4.74 Å². The Morgan fingerprint density at radius 2 is 1.83 bits per heavy atom. The molecule has 0 aliphatic carbocycles. The van der Waals surface area contributed by atoms with E-state index in [0.717, 1.165) is 13.1 Å². The lowest BCUT2D eigenvalue weighted by molar-refractivity contribution is 0.0429. The Hall–Kier alpha value is -1.10. The SMILES string of the molecule is CC(=O)c1ccc(OCC(O)CN2CC(C)CC(C)C2)cc1.Cl. The van der Waals surface area contributed by atoms with Gasteiger partial charge >= 0.3 is 0 Å². The van der Waals surface area contributed by atoms with E-state index in [1.54, 1.807) is 31.2 Å². The summed E-state index contributed by atoms with van der Waals surface area (Å²) >= 11 is 0. The summed E-state index contributed by atoms with van der Waals surface area (Å²) in [4.78, 5) is 13.5. The fraction of sp³-hybridized carbons (Fsp3) is 0.611. The summed E-state index contributed by atoms with van der Waals surface area (Å²) in [5.41, 5.74) is 0.671. The molecule has 4 nitrogen and oxygen atoms in total. The number of rotatable bonds is 6. The van der Waals surface area contributed by atoms with Crippen LogP contribution in [-0.4, -0.2) is 48.1 Å². The summed E-state index contributed by atoms with van der Waals surface area (Å²) in [6, 6.07) is 7.04. The van der Waals surface area contributed by atoms with E-state index < -0.39 is 6.10 Å². The summed E-state index contributed by atoms with van der Waals surface area (Å²) in [5.74, 6) is 2.11. The van der Waals surface area contributed by atoms with Crippen LogP contribution < -0.4 is 4.74 Å². The van der Waals surface area contributed by atoms with Crippen molar-refractivity contribution in [1.82, 2.24) is 4.90 Å². The van der Waals surface area contributed by atoms with Gasteiger partial charge in [-0.1, -0.05) is 13.8 Å². The van der Waals surface area contributed by atoms with Gasteiger partial charge in [0.1, 0.15) is 18.5 Å². The molecule has 0 amide bonds. The Morgan fingerprint density at radius 3 is 2.35 bits per heavy atom. The van der Waals surface area contributed by atoms with Crippen LogP contribution >= 0.6 is 12.4 Å². The summed E-state index contributed by atoms with van der Waals surface area (Å²) in [5, 5.41) is 10.2. The van der Waals surface area contributed by atoms with Crippen molar-refractivity contribution in [2.75, 3.05) is 26.2 Å². The molecule has 1 saturated heterocycles. The van der Waals surface area contributed by atoms with Gasteiger partial charge in [0.05, 0.1) is 0 Å². The molecule has 0 saturated carbocycles. The lowest BCUT2D eigenvalue weighted by Gasteiger charge is -2.35. The predicted molar refractivity (Wildman–Crippen MR) is 94.6 cm³/mol. The number of carbonyl (C=O) groups excluding carboxylic acids is 1. The van der Waals surface area contributed by atoms with E-state index >= 15 is 0 Å². The molecule has 1 N–H and O–H groups in total. The maximum absolute atomic E-state index is 11.2. The highest BCUT2D eigenvalue weighted by molar-refractivity contribution is 5.94. The highest BCUT2D eigenvalue weighted by Gasteiger charge is 2.23. The van der Waals surface area contributed by atoms with Crippen LogP contribution in [0.1, 0.15) is 37.6 Å². The molecule has 3 unspecified atom stereocenters. The molecule has 1 aliphatic rings. The van der Waals surface area contributed by atoms with Gasteiger partial charge in [0.15, 0.2) is 5.78 Å². The number of nitrogens with zero attached hydrogens (tertiary/aromatic N) is 1. The number of ether oxygens (including phenoxy) is 1. The van der Waals surface area contributed by atoms with Crippen LogP contribution in [0.4, 0.5) is 0 Å². The monoisotopic (exact) mass is 341 g/mol. The van der Waals surface area contributed by atoms with Crippen molar-refractivity contribution >= 4 is 18.2 Å². The molecule has 0 spiro atoms. The third-order valence-corrected chi connectivity index (χ3v) is 4.12. The molecule has 0 radical (unpaired) electrons. The normalized spacial score (nSPS) is 23.0. The number of aliphatic hydroxyl groups is 1. The summed E-state index contributed by atoms with van der Waals surface area (Å²) in [7, 11) is 0. The van der Waals surface area contributed by atoms with Gasteiger partial charge in [-0.05, 0) is 49.4 Å². The van der Waals surface area contributed by atoms with E-state index in [1.165, 1.54) is 6.42 Å². The standard InChI is InChI=1S/C18H27NO3.ClH/c1-13-8-14(2)10-19(9-13)11-17(21)12-22-18-6-4-16(5-7-18)15(3)20;/h4-7,13-14,17,21H,8-12H2,1-3H3;1H. The highest BCUT2D eigenvalue weighted by Crippen LogP contribution is 2.21. The third kappa shape index (κ3) is 6.50. The average molecular weight is 342 g/mol. The number of ketones is 1. The van der Waals surface area contributed by atoms with E-state index in [0.29, 0.717) is 29.7 Å². The first-order chi connectivity index (χ1) is 10.4. The molecule has 23 heavy (non-hydrogen) atoms. The smallest absolute Gasteiger partial charge is 0.159 e. The maximum atomic E-state index is 11.2. The van der Waals surface area contributed by atoms with E-state index in [-0.39, 0.29) is 24.8 Å². The fourth-order valence-corrected chi connectivity index (χ4v) is 3.27. The molecule has 1 aliphatic heterocycles. The van der Waals surface area contributed by atoms with Crippen molar-refractivity contribution in [3.8, 4) is 5.75 Å². The van der Waals surface area contributed by atoms with Crippen LogP contribution in [0.3, 0.4) is 0 Å². The number of piperidine rings is 1. The minimum Gasteiger partial charge on any atom is -0.491 e. The van der Waals surface area contributed by atoms with Crippen molar-refractivity contribution in [2.24, 2.45) is 11.8 Å². The molecular weight excluding hydrogens is 314 g/mol. The van der Waals surface area contributed by atoms with Crippen molar-refractivity contribution in [1.29, 1.82) is 0 Å². The zero-order valence-corrected chi connectivity index (χ0v) is 15.0. The van der Waals surface area contributed by atoms with E-state index in [9.17, 15) is 9.90 Å². The maximum Gasteiger partial charge on any atom is 0.159 e. The topological polar surface area (TPSA) is 49.8 Å². The second kappa shape index (κ2) is 9.26. The van der Waals surface area contributed by atoms with E-state index in [2.05, 4.69) is 18.7 Å². The number of benzene rings is 1. The lowest BCUT2D eigenvalue weighted by atomic mass is 9.92. The Labute approximate surface area is 145 Å². The zero-order chi connectivity index (χ0) is 16.1. The molecular formula is C18H28ClNO3. The Morgan fingerprint density at radius 1 is 1.26 bits per heavy atom. The Kier molecular flexibility index (Phi) is 8.03. The van der Waals surface area contributed by atoms with Crippen LogP contribution in [0.15, 0.2) is 24.3 Å². The largest absolute Gasteiger partial charge is 0.491 e. The molecule has 130 valence electrons. The molecule has 3 atom stereocenters. The number of likely N-dealkylation sites (tertiary alicyclic amines) is 1. The van der Waals surface area contributed by atoms with Crippen LogP contribution in [0.5, 0.6) is 5.75 Å². The number of Topliss-reactive ketones (excluding diaryl/α,β-unsaturated/α-hetero) is 1. The van der Waals surface area contributed by atoms with E-state index in [1.807, 2.05) is 0 Å². The van der Waals surface area contributed by atoms with Gasteiger partial charge < -0.3 is 14.7 Å². The molecule has 5 heteroatoms. The summed E-state index contributed by atoms with van der Waals surface area (Å²) in [6.07, 6.45) is 0.774. The van der Waals surface area contributed by atoms with Crippen molar-refractivity contribution in [3.63, 3.8) is 0 Å². The number of β-amino-alcohol motifs (C(OH)–C–C–N with tert-alkyl or cyclic N) is 1. The van der Waals surface area contributed by atoms with Crippen LogP contribution in [0, 0.1) is 11.8 Å². The molecule has 0 bridgehead atoms. The molecule has 2 rings (SSSR count). The van der Waals surface area contributed by atoms with Gasteiger partial charge in [0.2, 0.25) is 0 Å². The number of hydrogen-bond acceptors (Lipinski definition) is 4. The molecule has 1 heterocycles. The fourth-order valence-electron chi connectivity index (χ4n) is 3.27. The zero-order valence-electron chi connectivity index (χ0n) is 14.2. The number of hydrogen-bond donors (Lipinski definition) is 1. The van der Waals surface area contributed by atoms with Crippen molar-refractivity contribution < 1.29 is 14.6 Å². The van der Waals surface area contributed by atoms with Crippen LogP contribution in [0.25, 0.3) is 0 Å². The molecule has 1 aromatic rings. The molecule has 0 aromatic heterocycles. The first-order valence-electron chi connectivity index (χ1n) is 8.08. The quantitative estimate of drug-likeness (QED) is 0.808. The summed E-state index contributed by atoms with van der Waals surface area (Å²) in [6.45, 7) is 9.10. The second-order valence-electron chi connectivity index (χ2n) is 6.71. The minimum atomic E-state index is -0.495. The number of carbonyl (C=O) groups is 1. The van der Waals surface area contributed by atoms with Gasteiger partial charge in [0, 0.05) is 25.2 Å². The Balaban J connectivity index is 0.00000264. The van der Waals surface area contributed by atoms with Gasteiger partial charge in [-0.2, -0.15) is 0 Å². The first-order valence-corrected chi connectivity index (χ1v) is 8.08. The van der Waals surface area contributed by atoms with Gasteiger partial charge in [-0.15, -0.1) is 12.4 Å². The summed E-state index contributed by atoms with van der Waals surface area (Å²) < 4.78 is 5.61. The van der Waals surface area contributed by atoms with Gasteiger partial charge in [-0.25, -0.2) is 0 Å². The average Bonchev–Trinajstić information content (AvgIpc) is 2.44. The van der Waals surface area contributed by atoms with Crippen molar-refractivity contribution in [3.05, 3.63) is 29.8 Å². The Bertz CT molecular complexity index is 482. The highest BCUT2D eigenvalue weighted by atomic mass is 35.5. The third-order valence-electron chi connectivity index (χ3n) is 4.12. The second-order valence-corrected chi connectivity index (χ2v) is 6.71. The molecule has 1 aromatic carbocycles. The molecule has 1 fully saturated rings. The van der Waals surface area contributed by atoms with Crippen LogP contribution in [-0.2, 0) is 0 Å². The number of halogens is 1. The lowest BCUT2D eigenvalue weighted by Crippen LogP contribution is -2.43. The van der Waals surface area contributed by atoms with Gasteiger partial charge in [0.25, 0.3) is 0 Å². The minimum absolute atomic E-state index is 0. The van der Waals surface area contributed by atoms with Crippen LogP contribution in [0.2, 0.25) is 0 Å². The predicted octanol–water partition coefficient (Wildman–Crippen LogP) is 3.03. The van der Waals surface area contributed by atoms with Gasteiger partial charge in [-0.3, -0.25) is 4.79 Å². The first kappa shape index (κ1) is 19.9. The number of aliphatic hydroxyl groups excluding tert-OH is 1.